The molecule has 7 heteroatoms. The summed E-state index contributed by atoms with van der Waals surface area (Å²) >= 11 is 1.42. The summed E-state index contributed by atoms with van der Waals surface area (Å²) in [4.78, 5) is 20.8. The number of nitriles is 1. The van der Waals surface area contributed by atoms with Crippen molar-refractivity contribution in [2.24, 2.45) is 0 Å². The van der Waals surface area contributed by atoms with E-state index in [4.69, 9.17) is 9.15 Å². The van der Waals surface area contributed by atoms with Gasteiger partial charge in [-0.2, -0.15) is 5.26 Å². The van der Waals surface area contributed by atoms with Gasteiger partial charge >= 0.3 is 5.97 Å². The van der Waals surface area contributed by atoms with Gasteiger partial charge in [-0.15, -0.1) is 11.3 Å². The standard InChI is InChI=1S/C19H17N3O3S/c1-10-15(19(23)24-4)11(2)21-16(10)17-12(3)26-18(22-17)13(9-20)8-14-6-5-7-25-14/h5-8,21H,1-4H3/b13-8+. The first-order valence-electron chi connectivity index (χ1n) is 7.87. The minimum atomic E-state index is -0.383. The molecule has 0 aliphatic carbocycles. The van der Waals surface area contributed by atoms with Crippen LogP contribution in [0.4, 0.5) is 0 Å². The first-order chi connectivity index (χ1) is 12.5. The highest BCUT2D eigenvalue weighted by molar-refractivity contribution is 7.13. The molecule has 0 atom stereocenters. The average molecular weight is 367 g/mol. The Kier molecular flexibility index (Phi) is 4.78. The third kappa shape index (κ3) is 3.07. The Morgan fingerprint density at radius 1 is 1.42 bits per heavy atom. The number of carbonyl (C=O) groups is 1. The van der Waals surface area contributed by atoms with E-state index in [0.29, 0.717) is 21.9 Å². The first-order valence-corrected chi connectivity index (χ1v) is 8.68. The van der Waals surface area contributed by atoms with Crippen LogP contribution in [-0.2, 0) is 4.74 Å². The lowest BCUT2D eigenvalue weighted by Gasteiger charge is -2.00. The summed E-state index contributed by atoms with van der Waals surface area (Å²) in [5.41, 5.74) is 3.93. The molecule has 0 amide bonds. The summed E-state index contributed by atoms with van der Waals surface area (Å²) in [6, 6.07) is 5.71. The van der Waals surface area contributed by atoms with Crippen LogP contribution in [0, 0.1) is 32.1 Å². The van der Waals surface area contributed by atoms with Gasteiger partial charge in [-0.1, -0.05) is 0 Å². The van der Waals surface area contributed by atoms with Crippen molar-refractivity contribution in [3.8, 4) is 17.5 Å². The monoisotopic (exact) mass is 367 g/mol. The van der Waals surface area contributed by atoms with Gasteiger partial charge in [0.15, 0.2) is 0 Å². The molecule has 1 N–H and O–H groups in total. The Morgan fingerprint density at radius 2 is 2.19 bits per heavy atom. The number of hydrogen-bond donors (Lipinski definition) is 1. The fourth-order valence-corrected chi connectivity index (χ4v) is 3.68. The summed E-state index contributed by atoms with van der Waals surface area (Å²) in [5, 5.41) is 10.1. The molecule has 3 aromatic rings. The second-order valence-corrected chi connectivity index (χ2v) is 6.93. The van der Waals surface area contributed by atoms with Gasteiger partial charge in [-0.3, -0.25) is 0 Å². The number of allylic oxidation sites excluding steroid dienone is 1. The number of carbonyl (C=O) groups excluding carboxylic acids is 1. The maximum atomic E-state index is 12.0. The molecule has 0 aliphatic rings. The van der Waals surface area contributed by atoms with Gasteiger partial charge in [0.2, 0.25) is 0 Å². The molecule has 0 aliphatic heterocycles. The lowest BCUT2D eigenvalue weighted by Crippen LogP contribution is -2.03. The number of aryl methyl sites for hydroxylation is 2. The molecule has 0 radical (unpaired) electrons. The van der Waals surface area contributed by atoms with Crippen molar-refractivity contribution in [3.63, 3.8) is 0 Å². The average Bonchev–Trinajstić information content (AvgIpc) is 3.32. The normalized spacial score (nSPS) is 11.4. The zero-order chi connectivity index (χ0) is 18.8. The smallest absolute Gasteiger partial charge is 0.339 e. The predicted octanol–water partition coefficient (Wildman–Crippen LogP) is 4.51. The maximum absolute atomic E-state index is 12.0. The number of nitrogens with zero attached hydrogens (tertiary/aromatic N) is 2. The van der Waals surface area contributed by atoms with Crippen LogP contribution in [-0.4, -0.2) is 23.0 Å². The van der Waals surface area contributed by atoms with E-state index in [-0.39, 0.29) is 5.97 Å². The van der Waals surface area contributed by atoms with E-state index in [1.165, 1.54) is 18.4 Å². The van der Waals surface area contributed by atoms with E-state index < -0.39 is 0 Å². The highest BCUT2D eigenvalue weighted by atomic mass is 32.1. The molecule has 6 nitrogen and oxygen atoms in total. The van der Waals surface area contributed by atoms with Crippen molar-refractivity contribution in [1.29, 1.82) is 5.26 Å². The lowest BCUT2D eigenvalue weighted by atomic mass is 10.1. The third-order valence-corrected chi connectivity index (χ3v) is 5.05. The number of furan rings is 1. The molecule has 0 spiro atoms. The zero-order valence-electron chi connectivity index (χ0n) is 14.8. The van der Waals surface area contributed by atoms with Crippen LogP contribution in [0.25, 0.3) is 23.0 Å². The summed E-state index contributed by atoms with van der Waals surface area (Å²) in [7, 11) is 1.36. The Labute approximate surface area is 154 Å². The number of methoxy groups -OCH3 is 1. The summed E-state index contributed by atoms with van der Waals surface area (Å²) in [5.74, 6) is 0.210. The fraction of sp³-hybridized carbons (Fsp3) is 0.211. The van der Waals surface area contributed by atoms with E-state index in [1.54, 1.807) is 24.5 Å². The molecule has 0 unspecified atom stereocenters. The first kappa shape index (κ1) is 17.7. The zero-order valence-corrected chi connectivity index (χ0v) is 15.7. The van der Waals surface area contributed by atoms with Crippen LogP contribution < -0.4 is 0 Å². The van der Waals surface area contributed by atoms with Crippen molar-refractivity contribution in [1.82, 2.24) is 9.97 Å². The van der Waals surface area contributed by atoms with Crippen LogP contribution in [0.1, 0.15) is 37.3 Å². The van der Waals surface area contributed by atoms with Crippen LogP contribution in [0.2, 0.25) is 0 Å². The Morgan fingerprint density at radius 3 is 2.81 bits per heavy atom. The van der Waals surface area contributed by atoms with Crippen LogP contribution in [0.15, 0.2) is 22.8 Å². The summed E-state index contributed by atoms with van der Waals surface area (Å²) in [6.45, 7) is 5.61. The number of H-pyrrole nitrogens is 1. The number of rotatable bonds is 4. The SMILES string of the molecule is COC(=O)c1c(C)[nH]c(-c2nc(/C(C#N)=C/c3ccco3)sc2C)c1C. The largest absolute Gasteiger partial charge is 0.465 e. The van der Waals surface area contributed by atoms with Gasteiger partial charge in [-0.05, 0) is 38.5 Å². The fourth-order valence-electron chi connectivity index (χ4n) is 2.80. The number of esters is 1. The molecule has 132 valence electrons. The number of aromatic nitrogens is 2. The minimum Gasteiger partial charge on any atom is -0.465 e. The van der Waals surface area contributed by atoms with Gasteiger partial charge in [0.25, 0.3) is 0 Å². The van der Waals surface area contributed by atoms with Crippen LogP contribution in [0.5, 0.6) is 0 Å². The van der Waals surface area contributed by atoms with Crippen molar-refractivity contribution < 1.29 is 13.9 Å². The van der Waals surface area contributed by atoms with Crippen molar-refractivity contribution in [3.05, 3.63) is 50.9 Å². The Hall–Kier alpha value is -3.11. The molecule has 26 heavy (non-hydrogen) atoms. The molecule has 0 fully saturated rings. The second-order valence-electron chi connectivity index (χ2n) is 5.73. The number of ether oxygens (including phenoxy) is 1. The molecule has 3 aromatic heterocycles. The van der Waals surface area contributed by atoms with Gasteiger partial charge in [0.1, 0.15) is 22.5 Å². The second kappa shape index (κ2) is 7.02. The molecule has 0 bridgehead atoms. The lowest BCUT2D eigenvalue weighted by molar-refractivity contribution is 0.0599. The molecular weight excluding hydrogens is 350 g/mol. The van der Waals surface area contributed by atoms with Crippen molar-refractivity contribution in [2.45, 2.75) is 20.8 Å². The minimum absolute atomic E-state index is 0.383. The Bertz CT molecular complexity index is 1030. The molecule has 0 aromatic carbocycles. The van der Waals surface area contributed by atoms with Gasteiger partial charge in [-0.25, -0.2) is 9.78 Å². The number of aromatic amines is 1. The summed E-state index contributed by atoms with van der Waals surface area (Å²) in [6.07, 6.45) is 3.22. The van der Waals surface area contributed by atoms with E-state index >= 15 is 0 Å². The topological polar surface area (TPSA) is 91.9 Å². The number of thiazole rings is 1. The maximum Gasteiger partial charge on any atom is 0.339 e. The highest BCUT2D eigenvalue weighted by Gasteiger charge is 2.23. The van der Waals surface area contributed by atoms with Crippen molar-refractivity contribution in [2.75, 3.05) is 7.11 Å². The third-order valence-electron chi connectivity index (χ3n) is 4.04. The van der Waals surface area contributed by atoms with Gasteiger partial charge in [0.05, 0.1) is 30.2 Å². The van der Waals surface area contributed by atoms with E-state index in [1.807, 2.05) is 20.8 Å². The van der Waals surface area contributed by atoms with E-state index in [2.05, 4.69) is 16.0 Å². The van der Waals surface area contributed by atoms with Crippen LogP contribution in [0.3, 0.4) is 0 Å². The number of hydrogen-bond acceptors (Lipinski definition) is 6. The van der Waals surface area contributed by atoms with Gasteiger partial charge in [0, 0.05) is 16.6 Å². The van der Waals surface area contributed by atoms with Crippen molar-refractivity contribution >= 4 is 29.0 Å². The molecule has 0 saturated heterocycles. The predicted molar refractivity (Wildman–Crippen MR) is 99.6 cm³/mol. The quantitative estimate of drug-likeness (QED) is 0.541. The number of nitrogens with one attached hydrogen (secondary N) is 1. The molecular formula is C19H17N3O3S. The molecule has 0 saturated carbocycles. The van der Waals surface area contributed by atoms with E-state index in [9.17, 15) is 10.1 Å². The summed E-state index contributed by atoms with van der Waals surface area (Å²) < 4.78 is 10.1. The van der Waals surface area contributed by atoms with Crippen LogP contribution >= 0.6 is 11.3 Å². The molecule has 3 rings (SSSR count). The molecule has 3 heterocycles. The Balaban J connectivity index is 2.07. The van der Waals surface area contributed by atoms with Gasteiger partial charge < -0.3 is 14.1 Å². The van der Waals surface area contributed by atoms with E-state index in [0.717, 1.165) is 27.5 Å². The highest BCUT2D eigenvalue weighted by Crippen LogP contribution is 2.34.